The summed E-state index contributed by atoms with van der Waals surface area (Å²) in [6, 6.07) is 16.3. The first-order valence-electron chi connectivity index (χ1n) is 10.4. The Bertz CT molecular complexity index is 1250. The minimum Gasteiger partial charge on any atom is -0.449 e. The van der Waals surface area contributed by atoms with Gasteiger partial charge in [0.05, 0.1) is 10.5 Å². The molecule has 166 valence electrons. The molecule has 0 spiro atoms. The van der Waals surface area contributed by atoms with E-state index < -0.39 is 11.0 Å². The van der Waals surface area contributed by atoms with Crippen LogP contribution in [0, 0.1) is 28.9 Å². The number of rotatable bonds is 5. The van der Waals surface area contributed by atoms with Gasteiger partial charge in [0.25, 0.3) is 0 Å². The largest absolute Gasteiger partial charge is 0.449 e. The maximum absolute atomic E-state index is 12.2. The molecule has 4 rings (SSSR count). The van der Waals surface area contributed by atoms with Crippen LogP contribution in [0.1, 0.15) is 34.6 Å². The van der Waals surface area contributed by atoms with E-state index >= 15 is 0 Å². The normalized spacial score (nSPS) is 11.7. The second kappa shape index (κ2) is 9.40. The number of benzene rings is 2. The van der Waals surface area contributed by atoms with Crippen molar-refractivity contribution in [3.63, 3.8) is 0 Å². The molecule has 0 aliphatic heterocycles. The van der Waals surface area contributed by atoms with Crippen LogP contribution >= 0.6 is 0 Å². The Kier molecular flexibility index (Phi) is 6.22. The summed E-state index contributed by atoms with van der Waals surface area (Å²) in [5, 5.41) is 13.8. The van der Waals surface area contributed by atoms with Crippen LogP contribution in [-0.2, 0) is 4.74 Å². The van der Waals surface area contributed by atoms with E-state index in [4.69, 9.17) is 10.5 Å². The summed E-state index contributed by atoms with van der Waals surface area (Å²) in [5.74, 6) is 5.59. The number of amides is 1. The highest BCUT2D eigenvalue weighted by atomic mass is 16.6. The lowest BCUT2D eigenvalue weighted by molar-refractivity contribution is -0.384. The van der Waals surface area contributed by atoms with E-state index in [0.29, 0.717) is 17.5 Å². The van der Waals surface area contributed by atoms with Crippen molar-refractivity contribution in [2.75, 3.05) is 18.9 Å². The number of fused-ring (bicyclic) bond motifs is 3. The quantitative estimate of drug-likeness (QED) is 0.265. The number of nitrogen functional groups attached to an aromatic ring is 1. The Morgan fingerprint density at radius 1 is 1.18 bits per heavy atom. The Balaban J connectivity index is 1.31. The fourth-order valence-corrected chi connectivity index (χ4v) is 4.00. The van der Waals surface area contributed by atoms with Gasteiger partial charge in [-0.2, -0.15) is 0 Å². The summed E-state index contributed by atoms with van der Waals surface area (Å²) in [7, 11) is 0. The third kappa shape index (κ3) is 4.48. The molecule has 2 aromatic carbocycles. The van der Waals surface area contributed by atoms with Crippen molar-refractivity contribution in [3.05, 3.63) is 87.1 Å². The predicted octanol–water partition coefficient (Wildman–Crippen LogP) is 4.16. The molecule has 0 fully saturated rings. The summed E-state index contributed by atoms with van der Waals surface area (Å²) in [5.41, 5.74) is 10.8. The number of hydrogen-bond acceptors (Lipinski definition) is 6. The zero-order valence-corrected chi connectivity index (χ0v) is 18.0. The molecule has 3 aromatic rings. The Hall–Kier alpha value is -4.38. The van der Waals surface area contributed by atoms with Crippen LogP contribution in [0.15, 0.2) is 54.7 Å². The highest BCUT2D eigenvalue weighted by Gasteiger charge is 2.28. The molecule has 1 aromatic heterocycles. The molecule has 0 atom stereocenters. The highest BCUT2D eigenvalue weighted by Crippen LogP contribution is 2.44. The Morgan fingerprint density at radius 3 is 2.45 bits per heavy atom. The van der Waals surface area contributed by atoms with Crippen LogP contribution in [0.2, 0.25) is 0 Å². The number of aromatic nitrogens is 1. The summed E-state index contributed by atoms with van der Waals surface area (Å²) < 4.78 is 5.48. The van der Waals surface area contributed by atoms with Crippen LogP contribution in [0.3, 0.4) is 0 Å². The minimum atomic E-state index is -0.568. The maximum Gasteiger partial charge on any atom is 0.407 e. The van der Waals surface area contributed by atoms with Gasteiger partial charge in [-0.3, -0.25) is 10.1 Å². The van der Waals surface area contributed by atoms with Gasteiger partial charge in [-0.25, -0.2) is 9.78 Å². The van der Waals surface area contributed by atoms with Crippen molar-refractivity contribution < 1.29 is 14.5 Å². The van der Waals surface area contributed by atoms with Crippen LogP contribution in [0.25, 0.3) is 11.1 Å². The fourth-order valence-electron chi connectivity index (χ4n) is 4.00. The van der Waals surface area contributed by atoms with E-state index in [1.807, 2.05) is 24.3 Å². The summed E-state index contributed by atoms with van der Waals surface area (Å²) in [6.07, 6.45) is 1.24. The molecule has 3 N–H and O–H groups in total. The molecule has 8 nitrogen and oxygen atoms in total. The van der Waals surface area contributed by atoms with Gasteiger partial charge in [-0.05, 0) is 29.2 Å². The van der Waals surface area contributed by atoms with E-state index in [1.54, 1.807) is 6.92 Å². The van der Waals surface area contributed by atoms with Gasteiger partial charge in [0.2, 0.25) is 5.82 Å². The molecule has 0 radical (unpaired) electrons. The van der Waals surface area contributed by atoms with Crippen LogP contribution < -0.4 is 11.1 Å². The molecule has 0 bridgehead atoms. The number of carbonyl (C=O) groups is 1. The molecule has 1 aliphatic rings. The molecule has 0 saturated heterocycles. The second-order valence-electron chi connectivity index (χ2n) is 7.59. The molecule has 8 heteroatoms. The van der Waals surface area contributed by atoms with Crippen molar-refractivity contribution in [3.8, 4) is 23.0 Å². The van der Waals surface area contributed by atoms with Crippen molar-refractivity contribution in [2.24, 2.45) is 0 Å². The van der Waals surface area contributed by atoms with Gasteiger partial charge in [-0.1, -0.05) is 60.4 Å². The maximum atomic E-state index is 12.2. The van der Waals surface area contributed by atoms with Crippen molar-refractivity contribution >= 4 is 17.6 Å². The molecule has 0 saturated carbocycles. The Labute approximate surface area is 190 Å². The SMILES string of the molecule is Cc1c(C#CCCNC(=O)OCC2c3ccccc3-c3ccccc32)cnc(N)c1[N+](=O)[O-]. The van der Waals surface area contributed by atoms with Crippen molar-refractivity contribution in [1.82, 2.24) is 10.3 Å². The average molecular weight is 442 g/mol. The zero-order chi connectivity index (χ0) is 23.4. The first-order valence-corrected chi connectivity index (χ1v) is 10.4. The third-order valence-electron chi connectivity index (χ3n) is 5.60. The average Bonchev–Trinajstić information content (AvgIpc) is 3.12. The topological polar surface area (TPSA) is 120 Å². The Morgan fingerprint density at radius 2 is 1.82 bits per heavy atom. The van der Waals surface area contributed by atoms with E-state index in [0.717, 1.165) is 11.1 Å². The molecule has 33 heavy (non-hydrogen) atoms. The van der Waals surface area contributed by atoms with Crippen LogP contribution in [0.5, 0.6) is 0 Å². The number of nitrogens with two attached hydrogens (primary N) is 1. The number of pyridine rings is 1. The molecule has 1 aliphatic carbocycles. The fraction of sp³-hybridized carbons (Fsp3) is 0.200. The van der Waals surface area contributed by atoms with Gasteiger partial charge in [-0.15, -0.1) is 0 Å². The monoisotopic (exact) mass is 442 g/mol. The number of nitrogens with zero attached hydrogens (tertiary/aromatic N) is 2. The number of ether oxygens (including phenoxy) is 1. The van der Waals surface area contributed by atoms with Crippen LogP contribution in [0.4, 0.5) is 16.3 Å². The summed E-state index contributed by atoms with van der Waals surface area (Å²) in [4.78, 5) is 26.6. The number of nitro groups is 1. The number of carbonyl (C=O) groups excluding carboxylic acids is 1. The van der Waals surface area contributed by atoms with Crippen molar-refractivity contribution in [2.45, 2.75) is 19.3 Å². The minimum absolute atomic E-state index is 0.000255. The molecule has 0 unspecified atom stereocenters. The lowest BCUT2D eigenvalue weighted by atomic mass is 9.98. The van der Waals surface area contributed by atoms with Gasteiger partial charge in [0, 0.05) is 30.6 Å². The third-order valence-corrected chi connectivity index (χ3v) is 5.60. The summed E-state index contributed by atoms with van der Waals surface area (Å²) in [6.45, 7) is 2.11. The standard InChI is InChI=1S/C25H22N4O4/c1-16-17(14-28-24(26)23(16)29(31)32)8-6-7-13-27-25(30)33-15-22-20-11-4-2-9-18(20)19-10-3-5-12-21(19)22/h2-5,9-12,14,22H,7,13,15H2,1H3,(H2,26,28)(H,27,30). The number of alkyl carbamates (subject to hydrolysis) is 1. The first-order chi connectivity index (χ1) is 16.0. The zero-order valence-electron chi connectivity index (χ0n) is 18.0. The highest BCUT2D eigenvalue weighted by molar-refractivity contribution is 5.79. The van der Waals surface area contributed by atoms with E-state index in [-0.39, 0.29) is 30.6 Å². The van der Waals surface area contributed by atoms with E-state index in [2.05, 4.69) is 46.4 Å². The number of anilines is 1. The summed E-state index contributed by atoms with van der Waals surface area (Å²) >= 11 is 0. The van der Waals surface area contributed by atoms with Gasteiger partial charge < -0.3 is 15.8 Å². The van der Waals surface area contributed by atoms with Gasteiger partial charge in [0.1, 0.15) is 6.61 Å². The van der Waals surface area contributed by atoms with Crippen molar-refractivity contribution in [1.29, 1.82) is 0 Å². The number of nitrogens with one attached hydrogen (secondary N) is 1. The van der Waals surface area contributed by atoms with Crippen LogP contribution in [-0.4, -0.2) is 29.2 Å². The van der Waals surface area contributed by atoms with Gasteiger partial charge in [0.15, 0.2) is 0 Å². The smallest absolute Gasteiger partial charge is 0.407 e. The predicted molar refractivity (Wildman–Crippen MR) is 125 cm³/mol. The first kappa shape index (κ1) is 21.8. The molecular formula is C25H22N4O4. The van der Waals surface area contributed by atoms with E-state index in [9.17, 15) is 14.9 Å². The van der Waals surface area contributed by atoms with E-state index in [1.165, 1.54) is 17.3 Å². The second-order valence-corrected chi connectivity index (χ2v) is 7.59. The molecule has 1 heterocycles. The van der Waals surface area contributed by atoms with Gasteiger partial charge >= 0.3 is 11.8 Å². The molecule has 1 amide bonds. The number of hydrogen-bond donors (Lipinski definition) is 2. The lowest BCUT2D eigenvalue weighted by Gasteiger charge is -2.14. The molecular weight excluding hydrogens is 420 g/mol. The lowest BCUT2D eigenvalue weighted by Crippen LogP contribution is -2.26.